The number of hydrogen-bond donors (Lipinski definition) is 1. The summed E-state index contributed by atoms with van der Waals surface area (Å²) >= 11 is 6.22. The van der Waals surface area contributed by atoms with Crippen LogP contribution in [0.4, 0.5) is 0 Å². The molecule has 0 aliphatic heterocycles. The topological polar surface area (TPSA) is 46.3 Å². The van der Waals surface area contributed by atoms with Crippen molar-refractivity contribution >= 4 is 29.9 Å². The Bertz CT molecular complexity index is 422. The number of rotatable bonds is 4. The third kappa shape index (κ3) is 4.37. The van der Waals surface area contributed by atoms with Crippen LogP contribution in [0.15, 0.2) is 24.3 Å². The standard InChI is InChI=1S/C14H21ClN2O.ClH/c1-9(2)13(17(4)14(18)10(3)16)11-7-5-6-8-12(11)15;/h5-10,13H,16H2,1-4H3;1H/t10-,13?;/m1./s1. The minimum Gasteiger partial charge on any atom is -0.337 e. The highest BCUT2D eigenvalue weighted by Gasteiger charge is 2.27. The minimum atomic E-state index is -0.501. The van der Waals surface area contributed by atoms with Crippen molar-refractivity contribution in [2.45, 2.75) is 32.9 Å². The molecule has 0 aliphatic rings. The van der Waals surface area contributed by atoms with E-state index in [-0.39, 0.29) is 30.3 Å². The maximum Gasteiger partial charge on any atom is 0.239 e. The molecule has 0 aromatic heterocycles. The summed E-state index contributed by atoms with van der Waals surface area (Å²) in [5.41, 5.74) is 6.63. The van der Waals surface area contributed by atoms with Crippen molar-refractivity contribution in [1.29, 1.82) is 0 Å². The third-order valence-electron chi connectivity index (χ3n) is 3.01. The molecule has 0 saturated carbocycles. The number of carbonyl (C=O) groups is 1. The Morgan fingerprint density at radius 2 is 1.79 bits per heavy atom. The summed E-state index contributed by atoms with van der Waals surface area (Å²) < 4.78 is 0. The Hall–Kier alpha value is -0.770. The summed E-state index contributed by atoms with van der Waals surface area (Å²) in [6.07, 6.45) is 0. The molecule has 19 heavy (non-hydrogen) atoms. The van der Waals surface area contributed by atoms with E-state index in [1.165, 1.54) is 0 Å². The lowest BCUT2D eigenvalue weighted by molar-refractivity contribution is -0.134. The molecule has 3 nitrogen and oxygen atoms in total. The largest absolute Gasteiger partial charge is 0.337 e. The maximum atomic E-state index is 12.0. The molecule has 1 aromatic carbocycles. The number of nitrogens with zero attached hydrogens (tertiary/aromatic N) is 1. The third-order valence-corrected chi connectivity index (χ3v) is 3.35. The van der Waals surface area contributed by atoms with Gasteiger partial charge in [-0.2, -0.15) is 0 Å². The summed E-state index contributed by atoms with van der Waals surface area (Å²) in [7, 11) is 1.78. The van der Waals surface area contributed by atoms with Crippen LogP contribution >= 0.6 is 24.0 Å². The van der Waals surface area contributed by atoms with Crippen LogP contribution in [-0.4, -0.2) is 23.9 Å². The first kappa shape index (κ1) is 18.2. The molecule has 0 radical (unpaired) electrons. The SMILES string of the molecule is CC(C)C(c1ccccc1Cl)N(C)C(=O)[C@@H](C)N.Cl. The van der Waals surface area contributed by atoms with E-state index in [0.717, 1.165) is 5.56 Å². The van der Waals surface area contributed by atoms with E-state index in [1.54, 1.807) is 18.9 Å². The Labute approximate surface area is 126 Å². The van der Waals surface area contributed by atoms with E-state index in [2.05, 4.69) is 13.8 Å². The van der Waals surface area contributed by atoms with Crippen LogP contribution in [-0.2, 0) is 4.79 Å². The molecule has 1 rings (SSSR count). The monoisotopic (exact) mass is 304 g/mol. The fourth-order valence-electron chi connectivity index (χ4n) is 2.19. The Morgan fingerprint density at radius 3 is 2.21 bits per heavy atom. The van der Waals surface area contributed by atoms with Crippen LogP contribution in [0.3, 0.4) is 0 Å². The second-order valence-corrected chi connectivity index (χ2v) is 5.36. The van der Waals surface area contributed by atoms with E-state index in [4.69, 9.17) is 17.3 Å². The Balaban J connectivity index is 0.00000324. The van der Waals surface area contributed by atoms with Gasteiger partial charge >= 0.3 is 0 Å². The Morgan fingerprint density at radius 1 is 1.26 bits per heavy atom. The number of nitrogens with two attached hydrogens (primary N) is 1. The summed E-state index contributed by atoms with van der Waals surface area (Å²) in [5, 5.41) is 0.681. The molecule has 1 aromatic rings. The van der Waals surface area contributed by atoms with E-state index in [0.29, 0.717) is 5.02 Å². The average molecular weight is 305 g/mol. The quantitative estimate of drug-likeness (QED) is 0.928. The van der Waals surface area contributed by atoms with Gasteiger partial charge in [0.2, 0.25) is 5.91 Å². The van der Waals surface area contributed by atoms with E-state index >= 15 is 0 Å². The van der Waals surface area contributed by atoms with Crippen molar-refractivity contribution in [2.75, 3.05) is 7.05 Å². The van der Waals surface area contributed by atoms with Gasteiger partial charge in [0.15, 0.2) is 0 Å². The van der Waals surface area contributed by atoms with Gasteiger partial charge in [-0.3, -0.25) is 4.79 Å². The van der Waals surface area contributed by atoms with Gasteiger partial charge in [-0.05, 0) is 24.5 Å². The number of carbonyl (C=O) groups excluding carboxylic acids is 1. The van der Waals surface area contributed by atoms with Gasteiger partial charge in [0.05, 0.1) is 12.1 Å². The number of halogens is 2. The van der Waals surface area contributed by atoms with Crippen molar-refractivity contribution < 1.29 is 4.79 Å². The molecule has 1 unspecified atom stereocenters. The molecular formula is C14H22Cl2N2O. The van der Waals surface area contributed by atoms with E-state index < -0.39 is 6.04 Å². The first-order valence-corrected chi connectivity index (χ1v) is 6.50. The van der Waals surface area contributed by atoms with Crippen LogP contribution in [0.5, 0.6) is 0 Å². The zero-order valence-corrected chi connectivity index (χ0v) is 13.3. The smallest absolute Gasteiger partial charge is 0.239 e. The van der Waals surface area contributed by atoms with Gasteiger partial charge in [-0.25, -0.2) is 0 Å². The highest BCUT2D eigenvalue weighted by molar-refractivity contribution is 6.31. The van der Waals surface area contributed by atoms with Crippen LogP contribution in [0, 0.1) is 5.92 Å². The highest BCUT2D eigenvalue weighted by Crippen LogP contribution is 2.32. The average Bonchev–Trinajstić information content (AvgIpc) is 2.30. The van der Waals surface area contributed by atoms with Gasteiger partial charge in [0.1, 0.15) is 0 Å². The van der Waals surface area contributed by atoms with Gasteiger partial charge in [-0.1, -0.05) is 43.6 Å². The molecule has 108 valence electrons. The minimum absolute atomic E-state index is 0. The molecule has 1 amide bonds. The lowest BCUT2D eigenvalue weighted by Gasteiger charge is -2.33. The number of amides is 1. The highest BCUT2D eigenvalue weighted by atomic mass is 35.5. The number of hydrogen-bond acceptors (Lipinski definition) is 2. The zero-order valence-electron chi connectivity index (χ0n) is 11.8. The van der Waals surface area contributed by atoms with Crippen molar-refractivity contribution in [3.63, 3.8) is 0 Å². The fourth-order valence-corrected chi connectivity index (χ4v) is 2.44. The predicted molar refractivity (Wildman–Crippen MR) is 82.7 cm³/mol. The second kappa shape index (κ2) is 7.73. The van der Waals surface area contributed by atoms with Crippen molar-refractivity contribution in [2.24, 2.45) is 11.7 Å². The maximum absolute atomic E-state index is 12.0. The van der Waals surface area contributed by atoms with Crippen LogP contribution < -0.4 is 5.73 Å². The lowest BCUT2D eigenvalue weighted by Crippen LogP contribution is -2.43. The first-order valence-electron chi connectivity index (χ1n) is 6.13. The summed E-state index contributed by atoms with van der Waals surface area (Å²) in [6.45, 7) is 5.83. The normalized spacial score (nSPS) is 13.6. The van der Waals surface area contributed by atoms with Crippen LogP contribution in [0.2, 0.25) is 5.02 Å². The van der Waals surface area contributed by atoms with Gasteiger partial charge < -0.3 is 10.6 Å². The number of likely N-dealkylation sites (N-methyl/N-ethyl adjacent to an activating group) is 1. The van der Waals surface area contributed by atoms with Gasteiger partial charge in [0.25, 0.3) is 0 Å². The molecule has 2 N–H and O–H groups in total. The molecular weight excluding hydrogens is 283 g/mol. The van der Waals surface area contributed by atoms with Crippen molar-refractivity contribution in [3.05, 3.63) is 34.9 Å². The van der Waals surface area contributed by atoms with Gasteiger partial charge in [0, 0.05) is 12.1 Å². The first-order chi connectivity index (χ1) is 8.36. The van der Waals surface area contributed by atoms with Crippen LogP contribution in [0.25, 0.3) is 0 Å². The molecule has 0 aliphatic carbocycles. The Kier molecular flexibility index (Phi) is 7.42. The molecule has 2 atom stereocenters. The van der Waals surface area contributed by atoms with E-state index in [1.807, 2.05) is 24.3 Å². The van der Waals surface area contributed by atoms with Crippen molar-refractivity contribution in [1.82, 2.24) is 4.90 Å². The lowest BCUT2D eigenvalue weighted by atomic mass is 9.94. The summed E-state index contributed by atoms with van der Waals surface area (Å²) in [4.78, 5) is 13.7. The second-order valence-electron chi connectivity index (χ2n) is 4.95. The molecule has 5 heteroatoms. The summed E-state index contributed by atoms with van der Waals surface area (Å²) in [5.74, 6) is 0.186. The molecule has 0 fully saturated rings. The van der Waals surface area contributed by atoms with E-state index in [9.17, 15) is 4.79 Å². The number of benzene rings is 1. The molecule has 0 heterocycles. The zero-order chi connectivity index (χ0) is 13.9. The van der Waals surface area contributed by atoms with Crippen molar-refractivity contribution in [3.8, 4) is 0 Å². The molecule has 0 bridgehead atoms. The van der Waals surface area contributed by atoms with Gasteiger partial charge in [-0.15, -0.1) is 12.4 Å². The van der Waals surface area contributed by atoms with Crippen LogP contribution in [0.1, 0.15) is 32.4 Å². The molecule has 0 saturated heterocycles. The fraction of sp³-hybridized carbons (Fsp3) is 0.500. The predicted octanol–water partition coefficient (Wildman–Crippen LogP) is 3.26. The summed E-state index contributed by atoms with van der Waals surface area (Å²) in [6, 6.07) is 7.06. The molecule has 0 spiro atoms.